The first-order chi connectivity index (χ1) is 16.2. The zero-order chi connectivity index (χ0) is 24.7. The normalized spacial score (nSPS) is 13.3. The number of aryl methyl sites for hydroxylation is 4. The summed E-state index contributed by atoms with van der Waals surface area (Å²) in [6.07, 6.45) is 1.86. The van der Waals surface area contributed by atoms with Crippen LogP contribution in [0.15, 0.2) is 77.7 Å². The van der Waals surface area contributed by atoms with Crippen LogP contribution >= 0.6 is 0 Å². The molecule has 0 aliphatic rings. The fraction of sp³-hybridized carbons (Fsp3) is 0.321. The number of sulfonamides is 1. The van der Waals surface area contributed by atoms with Gasteiger partial charge in [-0.3, -0.25) is 4.79 Å². The highest BCUT2D eigenvalue weighted by atomic mass is 32.2. The van der Waals surface area contributed by atoms with Crippen LogP contribution in [-0.4, -0.2) is 26.4 Å². The Balaban J connectivity index is 1.78. The van der Waals surface area contributed by atoms with Gasteiger partial charge in [-0.15, -0.1) is 0 Å². The third-order valence-corrected chi connectivity index (χ3v) is 7.64. The summed E-state index contributed by atoms with van der Waals surface area (Å²) in [6, 6.07) is 22.2. The van der Waals surface area contributed by atoms with Crippen LogP contribution in [0.4, 0.5) is 0 Å². The van der Waals surface area contributed by atoms with Crippen molar-refractivity contribution in [2.45, 2.75) is 63.9 Å². The van der Waals surface area contributed by atoms with Gasteiger partial charge >= 0.3 is 0 Å². The van der Waals surface area contributed by atoms with Crippen molar-refractivity contribution < 1.29 is 13.2 Å². The number of carbonyl (C=O) groups is 1. The van der Waals surface area contributed by atoms with Gasteiger partial charge in [0.1, 0.15) is 6.04 Å². The van der Waals surface area contributed by atoms with E-state index in [0.29, 0.717) is 11.1 Å². The van der Waals surface area contributed by atoms with Gasteiger partial charge in [-0.25, -0.2) is 8.42 Å². The van der Waals surface area contributed by atoms with Crippen molar-refractivity contribution in [1.82, 2.24) is 10.0 Å². The van der Waals surface area contributed by atoms with E-state index >= 15 is 0 Å². The molecule has 2 N–H and O–H groups in total. The Hall–Kier alpha value is -2.96. The predicted molar refractivity (Wildman–Crippen MR) is 137 cm³/mol. The lowest BCUT2D eigenvalue weighted by molar-refractivity contribution is -0.123. The standard InChI is InChI=1S/C28H34N2O3S/c1-20-17-21(2)27(22(3)18-20)34(32,33)30-26(19-25-13-9-6-10-14-25)28(31)29-23(4)15-16-24-11-7-5-8-12-24/h5-14,17-18,23,26,30H,15-16,19H2,1-4H3,(H,29,31). The second-order valence-corrected chi connectivity index (χ2v) is 10.7. The first kappa shape index (κ1) is 25.7. The third kappa shape index (κ3) is 7.02. The summed E-state index contributed by atoms with van der Waals surface area (Å²) >= 11 is 0. The maximum absolute atomic E-state index is 13.4. The SMILES string of the molecule is Cc1cc(C)c(S(=O)(=O)NC(Cc2ccccc2)C(=O)NC(C)CCc2ccccc2)c(C)c1. The third-order valence-electron chi connectivity index (χ3n) is 5.87. The van der Waals surface area contributed by atoms with Crippen molar-refractivity contribution in [2.75, 3.05) is 0 Å². The van der Waals surface area contributed by atoms with E-state index < -0.39 is 16.1 Å². The van der Waals surface area contributed by atoms with Crippen LogP contribution in [-0.2, 0) is 27.7 Å². The lowest BCUT2D eigenvalue weighted by atomic mass is 10.0. The summed E-state index contributed by atoms with van der Waals surface area (Å²) in [5, 5.41) is 3.02. The molecule has 0 radical (unpaired) electrons. The van der Waals surface area contributed by atoms with Gasteiger partial charge in [0, 0.05) is 6.04 Å². The van der Waals surface area contributed by atoms with Crippen molar-refractivity contribution >= 4 is 15.9 Å². The van der Waals surface area contributed by atoms with Gasteiger partial charge in [-0.2, -0.15) is 4.72 Å². The van der Waals surface area contributed by atoms with E-state index in [1.54, 1.807) is 13.8 Å². The molecule has 1 amide bonds. The zero-order valence-corrected chi connectivity index (χ0v) is 21.2. The molecule has 0 fully saturated rings. The molecule has 34 heavy (non-hydrogen) atoms. The molecule has 0 saturated heterocycles. The molecule has 2 unspecified atom stereocenters. The molecular formula is C28H34N2O3S. The molecule has 5 nitrogen and oxygen atoms in total. The first-order valence-corrected chi connectivity index (χ1v) is 13.1. The molecule has 3 aromatic carbocycles. The highest BCUT2D eigenvalue weighted by Crippen LogP contribution is 2.22. The quantitative estimate of drug-likeness (QED) is 0.446. The predicted octanol–water partition coefficient (Wildman–Crippen LogP) is 4.64. The van der Waals surface area contributed by atoms with Crippen LogP contribution in [0.1, 0.15) is 41.2 Å². The molecule has 0 saturated carbocycles. The molecule has 6 heteroatoms. The van der Waals surface area contributed by atoms with Crippen molar-refractivity contribution in [1.29, 1.82) is 0 Å². The van der Waals surface area contributed by atoms with Crippen molar-refractivity contribution in [3.05, 3.63) is 101 Å². The average molecular weight is 479 g/mol. The van der Waals surface area contributed by atoms with Gasteiger partial charge in [0.15, 0.2) is 0 Å². The van der Waals surface area contributed by atoms with E-state index in [-0.39, 0.29) is 23.3 Å². The number of amides is 1. The molecule has 2 atom stereocenters. The van der Waals surface area contributed by atoms with Crippen LogP contribution in [0.2, 0.25) is 0 Å². The molecule has 0 spiro atoms. The number of nitrogens with one attached hydrogen (secondary N) is 2. The fourth-order valence-corrected chi connectivity index (χ4v) is 5.97. The topological polar surface area (TPSA) is 75.3 Å². The number of hydrogen-bond donors (Lipinski definition) is 2. The number of rotatable bonds is 10. The summed E-state index contributed by atoms with van der Waals surface area (Å²) in [5.41, 5.74) is 4.43. The number of hydrogen-bond acceptors (Lipinski definition) is 3. The van der Waals surface area contributed by atoms with E-state index in [1.807, 2.05) is 74.5 Å². The van der Waals surface area contributed by atoms with Gasteiger partial charge < -0.3 is 5.32 Å². The van der Waals surface area contributed by atoms with Crippen LogP contribution in [0.3, 0.4) is 0 Å². The lowest BCUT2D eigenvalue weighted by Gasteiger charge is -2.23. The van der Waals surface area contributed by atoms with E-state index in [1.165, 1.54) is 5.56 Å². The summed E-state index contributed by atoms with van der Waals surface area (Å²) in [6.45, 7) is 7.45. The molecule has 0 bridgehead atoms. The summed E-state index contributed by atoms with van der Waals surface area (Å²) < 4.78 is 29.5. The van der Waals surface area contributed by atoms with Crippen LogP contribution in [0.25, 0.3) is 0 Å². The second-order valence-electron chi connectivity index (χ2n) is 9.03. The van der Waals surface area contributed by atoms with Crippen LogP contribution < -0.4 is 10.0 Å². The second kappa shape index (κ2) is 11.4. The first-order valence-electron chi connectivity index (χ1n) is 11.6. The highest BCUT2D eigenvalue weighted by molar-refractivity contribution is 7.89. The smallest absolute Gasteiger partial charge is 0.241 e. The molecule has 0 aliphatic heterocycles. The van der Waals surface area contributed by atoms with Gasteiger partial charge in [-0.1, -0.05) is 78.4 Å². The average Bonchev–Trinajstić information content (AvgIpc) is 2.77. The maximum Gasteiger partial charge on any atom is 0.241 e. The van der Waals surface area contributed by atoms with Crippen LogP contribution in [0.5, 0.6) is 0 Å². The van der Waals surface area contributed by atoms with Gasteiger partial charge in [-0.05, 0) is 69.2 Å². The minimum Gasteiger partial charge on any atom is -0.352 e. The number of benzene rings is 3. The number of carbonyl (C=O) groups excluding carboxylic acids is 1. The minimum absolute atomic E-state index is 0.0988. The van der Waals surface area contributed by atoms with E-state index in [2.05, 4.69) is 22.2 Å². The van der Waals surface area contributed by atoms with Crippen molar-refractivity contribution in [2.24, 2.45) is 0 Å². The minimum atomic E-state index is -3.90. The van der Waals surface area contributed by atoms with E-state index in [9.17, 15) is 13.2 Å². The van der Waals surface area contributed by atoms with Crippen LogP contribution in [0, 0.1) is 20.8 Å². The molecule has 0 aliphatic carbocycles. The Labute approximate surface area is 203 Å². The van der Waals surface area contributed by atoms with Crippen molar-refractivity contribution in [3.63, 3.8) is 0 Å². The van der Waals surface area contributed by atoms with Gasteiger partial charge in [0.25, 0.3) is 0 Å². The van der Waals surface area contributed by atoms with E-state index in [0.717, 1.165) is 24.0 Å². The molecular weight excluding hydrogens is 444 g/mol. The largest absolute Gasteiger partial charge is 0.352 e. The van der Waals surface area contributed by atoms with E-state index in [4.69, 9.17) is 0 Å². The fourth-order valence-electron chi connectivity index (χ4n) is 4.32. The lowest BCUT2D eigenvalue weighted by Crippen LogP contribution is -2.50. The highest BCUT2D eigenvalue weighted by Gasteiger charge is 2.29. The molecule has 0 heterocycles. The Morgan fingerprint density at radius 2 is 1.38 bits per heavy atom. The maximum atomic E-state index is 13.4. The Kier molecular flexibility index (Phi) is 8.64. The summed E-state index contributed by atoms with van der Waals surface area (Å²) in [5.74, 6) is -0.324. The molecule has 3 rings (SSSR count). The Bertz CT molecular complexity index is 1190. The van der Waals surface area contributed by atoms with Crippen molar-refractivity contribution in [3.8, 4) is 0 Å². The summed E-state index contributed by atoms with van der Waals surface area (Å²) in [4.78, 5) is 13.5. The monoisotopic (exact) mass is 478 g/mol. The molecule has 3 aromatic rings. The zero-order valence-electron chi connectivity index (χ0n) is 20.3. The Morgan fingerprint density at radius 1 is 0.853 bits per heavy atom. The van der Waals surface area contributed by atoms with Gasteiger partial charge in [0.2, 0.25) is 15.9 Å². The summed E-state index contributed by atoms with van der Waals surface area (Å²) in [7, 11) is -3.90. The molecule has 180 valence electrons. The molecule has 0 aromatic heterocycles. The Morgan fingerprint density at radius 3 is 1.94 bits per heavy atom. The van der Waals surface area contributed by atoms with Gasteiger partial charge in [0.05, 0.1) is 4.90 Å².